The Labute approximate surface area is 159 Å². The molecule has 1 fully saturated rings. The van der Waals surface area contributed by atoms with Crippen LogP contribution in [0.3, 0.4) is 0 Å². The summed E-state index contributed by atoms with van der Waals surface area (Å²) < 4.78 is 5.41. The highest BCUT2D eigenvalue weighted by Crippen LogP contribution is 2.41. The van der Waals surface area contributed by atoms with Gasteiger partial charge >= 0.3 is 0 Å². The van der Waals surface area contributed by atoms with Crippen molar-refractivity contribution in [1.29, 1.82) is 0 Å². The number of anilines is 2. The number of nitrogens with zero attached hydrogens (tertiary/aromatic N) is 4. The number of hydrogen-bond donors (Lipinski definition) is 1. The predicted molar refractivity (Wildman–Crippen MR) is 102 cm³/mol. The van der Waals surface area contributed by atoms with Gasteiger partial charge in [-0.1, -0.05) is 11.6 Å². The molecule has 1 aliphatic rings. The fourth-order valence-electron chi connectivity index (χ4n) is 2.43. The SMILES string of the molecule is COc1cc(N=Nc2ccc([N+](=O)[O-])cc2Cl)c(NC(C)=O)cc1N1CC1. The maximum atomic E-state index is 11.5. The summed E-state index contributed by atoms with van der Waals surface area (Å²) in [5.41, 5.74) is 1.84. The van der Waals surface area contributed by atoms with Gasteiger partial charge in [-0.3, -0.25) is 14.9 Å². The van der Waals surface area contributed by atoms with Crippen LogP contribution >= 0.6 is 11.6 Å². The minimum Gasteiger partial charge on any atom is -0.494 e. The van der Waals surface area contributed by atoms with Gasteiger partial charge in [0.25, 0.3) is 5.69 Å². The van der Waals surface area contributed by atoms with Crippen molar-refractivity contribution in [2.75, 3.05) is 30.4 Å². The summed E-state index contributed by atoms with van der Waals surface area (Å²) in [4.78, 5) is 23.9. The molecule has 2 aromatic rings. The average molecular weight is 390 g/mol. The van der Waals surface area contributed by atoms with E-state index in [0.29, 0.717) is 17.1 Å². The minimum absolute atomic E-state index is 0.0988. The van der Waals surface area contributed by atoms with Crippen LogP contribution in [0.15, 0.2) is 40.6 Å². The van der Waals surface area contributed by atoms with Crippen LogP contribution in [0.4, 0.5) is 28.4 Å². The zero-order chi connectivity index (χ0) is 19.6. The van der Waals surface area contributed by atoms with E-state index >= 15 is 0 Å². The summed E-state index contributed by atoms with van der Waals surface area (Å²) in [6.07, 6.45) is 0. The number of rotatable bonds is 6. The maximum Gasteiger partial charge on any atom is 0.271 e. The number of nitro benzene ring substituents is 1. The smallest absolute Gasteiger partial charge is 0.271 e. The Morgan fingerprint density at radius 1 is 1.26 bits per heavy atom. The van der Waals surface area contributed by atoms with Crippen molar-refractivity contribution in [3.05, 3.63) is 45.5 Å². The van der Waals surface area contributed by atoms with E-state index in [1.807, 2.05) is 0 Å². The van der Waals surface area contributed by atoms with Gasteiger partial charge in [0.2, 0.25) is 5.91 Å². The minimum atomic E-state index is -0.543. The van der Waals surface area contributed by atoms with Gasteiger partial charge in [-0.25, -0.2) is 0 Å². The topological polar surface area (TPSA) is 109 Å². The number of hydrogen-bond acceptors (Lipinski definition) is 7. The lowest BCUT2D eigenvalue weighted by molar-refractivity contribution is -0.384. The molecular weight excluding hydrogens is 374 g/mol. The van der Waals surface area contributed by atoms with Crippen molar-refractivity contribution in [2.45, 2.75) is 6.92 Å². The largest absolute Gasteiger partial charge is 0.494 e. The summed E-state index contributed by atoms with van der Waals surface area (Å²) in [7, 11) is 1.55. The van der Waals surface area contributed by atoms with Crippen LogP contribution in [0.25, 0.3) is 0 Å². The first-order valence-corrected chi connectivity index (χ1v) is 8.37. The molecule has 0 bridgehead atoms. The van der Waals surface area contributed by atoms with Crippen LogP contribution in [0, 0.1) is 10.1 Å². The molecule has 1 amide bonds. The third kappa shape index (κ3) is 4.32. The molecule has 0 atom stereocenters. The fourth-order valence-corrected chi connectivity index (χ4v) is 2.64. The van der Waals surface area contributed by atoms with E-state index in [9.17, 15) is 14.9 Å². The number of carbonyl (C=O) groups is 1. The lowest BCUT2D eigenvalue weighted by Crippen LogP contribution is -2.07. The van der Waals surface area contributed by atoms with Gasteiger partial charge in [0.15, 0.2) is 0 Å². The van der Waals surface area contributed by atoms with E-state index in [1.54, 1.807) is 19.2 Å². The van der Waals surface area contributed by atoms with E-state index in [0.717, 1.165) is 18.8 Å². The van der Waals surface area contributed by atoms with Crippen molar-refractivity contribution >= 4 is 45.9 Å². The number of halogens is 1. The third-order valence-corrected chi connectivity index (χ3v) is 4.11. The summed E-state index contributed by atoms with van der Waals surface area (Å²) in [6, 6.07) is 7.35. The van der Waals surface area contributed by atoms with Crippen LogP contribution in [-0.2, 0) is 4.79 Å². The molecule has 1 heterocycles. The fraction of sp³-hybridized carbons (Fsp3) is 0.235. The molecule has 1 N–H and O–H groups in total. The normalized spacial score (nSPS) is 12.9. The second kappa shape index (κ2) is 7.58. The van der Waals surface area contributed by atoms with Crippen LogP contribution in [0.1, 0.15) is 6.92 Å². The Morgan fingerprint density at radius 2 is 1.96 bits per heavy atom. The monoisotopic (exact) mass is 389 g/mol. The number of non-ortho nitro benzene ring substituents is 1. The summed E-state index contributed by atoms with van der Waals surface area (Å²) >= 11 is 6.04. The number of methoxy groups -OCH3 is 1. The summed E-state index contributed by atoms with van der Waals surface area (Å²) in [6.45, 7) is 3.22. The summed E-state index contributed by atoms with van der Waals surface area (Å²) in [5.74, 6) is 0.354. The van der Waals surface area contributed by atoms with E-state index in [-0.39, 0.29) is 22.3 Å². The molecular formula is C17H16ClN5O4. The summed E-state index contributed by atoms with van der Waals surface area (Å²) in [5, 5.41) is 21.8. The third-order valence-electron chi connectivity index (χ3n) is 3.80. The van der Waals surface area contributed by atoms with Gasteiger partial charge in [0, 0.05) is 38.2 Å². The first-order valence-electron chi connectivity index (χ1n) is 7.99. The van der Waals surface area contributed by atoms with Gasteiger partial charge in [-0.05, 0) is 12.1 Å². The quantitative estimate of drug-likeness (QED) is 0.339. The molecule has 1 aliphatic heterocycles. The van der Waals surface area contributed by atoms with Crippen molar-refractivity contribution < 1.29 is 14.5 Å². The molecule has 0 saturated carbocycles. The standard InChI is InChI=1S/C17H16ClN5O4/c1-10(24)19-14-8-16(22-5-6-22)17(27-2)9-15(14)21-20-13-4-3-11(23(25)26)7-12(13)18/h3-4,7-9H,5-6H2,1-2H3,(H,19,24). The van der Waals surface area contributed by atoms with Crippen molar-refractivity contribution in [3.8, 4) is 5.75 Å². The lowest BCUT2D eigenvalue weighted by atomic mass is 10.2. The number of amides is 1. The van der Waals surface area contributed by atoms with Gasteiger partial charge < -0.3 is 15.0 Å². The zero-order valence-electron chi connectivity index (χ0n) is 14.6. The average Bonchev–Trinajstić information content (AvgIpc) is 3.45. The first kappa shape index (κ1) is 18.6. The van der Waals surface area contributed by atoms with Crippen molar-refractivity contribution in [3.63, 3.8) is 0 Å². The molecule has 0 radical (unpaired) electrons. The number of benzene rings is 2. The van der Waals surface area contributed by atoms with Crippen molar-refractivity contribution in [1.82, 2.24) is 0 Å². The lowest BCUT2D eigenvalue weighted by Gasteiger charge is -2.14. The van der Waals surface area contributed by atoms with Crippen LogP contribution in [0.2, 0.25) is 5.02 Å². The zero-order valence-corrected chi connectivity index (χ0v) is 15.4. The second-order valence-corrected chi connectivity index (χ2v) is 6.21. The highest BCUT2D eigenvalue weighted by Gasteiger charge is 2.24. The predicted octanol–water partition coefficient (Wildman–Crippen LogP) is 4.45. The van der Waals surface area contributed by atoms with E-state index in [1.165, 1.54) is 25.1 Å². The van der Waals surface area contributed by atoms with Crippen molar-refractivity contribution in [2.24, 2.45) is 10.2 Å². The van der Waals surface area contributed by atoms with E-state index in [4.69, 9.17) is 16.3 Å². The molecule has 27 heavy (non-hydrogen) atoms. The Morgan fingerprint density at radius 3 is 2.52 bits per heavy atom. The van der Waals surface area contributed by atoms with Crippen LogP contribution in [0.5, 0.6) is 5.75 Å². The Bertz CT molecular complexity index is 943. The molecule has 2 aromatic carbocycles. The second-order valence-electron chi connectivity index (χ2n) is 5.80. The van der Waals surface area contributed by atoms with E-state index in [2.05, 4.69) is 20.4 Å². The van der Waals surface area contributed by atoms with Gasteiger partial charge in [0.05, 0.1) is 28.4 Å². The highest BCUT2D eigenvalue weighted by atomic mass is 35.5. The van der Waals surface area contributed by atoms with Gasteiger partial charge in [-0.15, -0.1) is 10.2 Å². The number of nitro groups is 1. The Hall–Kier alpha value is -3.20. The van der Waals surface area contributed by atoms with E-state index < -0.39 is 4.92 Å². The molecule has 0 aliphatic carbocycles. The molecule has 10 heteroatoms. The molecule has 1 saturated heterocycles. The van der Waals surface area contributed by atoms with Crippen LogP contribution < -0.4 is 15.0 Å². The molecule has 0 aromatic heterocycles. The molecule has 9 nitrogen and oxygen atoms in total. The molecule has 0 spiro atoms. The van der Waals surface area contributed by atoms with Crippen LogP contribution in [-0.4, -0.2) is 31.0 Å². The first-order chi connectivity index (χ1) is 12.9. The van der Waals surface area contributed by atoms with Gasteiger partial charge in [-0.2, -0.15) is 0 Å². The number of nitrogens with one attached hydrogen (secondary N) is 1. The maximum absolute atomic E-state index is 11.5. The number of carbonyl (C=O) groups excluding carboxylic acids is 1. The molecule has 3 rings (SSSR count). The van der Waals surface area contributed by atoms with Gasteiger partial charge in [0.1, 0.15) is 17.1 Å². The molecule has 140 valence electrons. The number of azo groups is 1. The Kier molecular flexibility index (Phi) is 5.22. The molecule has 0 unspecified atom stereocenters. The number of ether oxygens (including phenoxy) is 1. The Balaban J connectivity index is 1.98. The highest BCUT2D eigenvalue weighted by molar-refractivity contribution is 6.33.